The molecule has 1 aliphatic heterocycles. The van der Waals surface area contributed by atoms with Crippen LogP contribution in [0.1, 0.15) is 18.9 Å². The normalized spacial score (nSPS) is 13.7. The lowest BCUT2D eigenvalue weighted by molar-refractivity contribution is 0.172. The van der Waals surface area contributed by atoms with E-state index in [4.69, 9.17) is 9.47 Å². The van der Waals surface area contributed by atoms with Crippen molar-refractivity contribution in [1.82, 2.24) is 15.5 Å². The van der Waals surface area contributed by atoms with E-state index >= 15 is 0 Å². The fourth-order valence-electron chi connectivity index (χ4n) is 2.17. The second-order valence-electron chi connectivity index (χ2n) is 5.19. The van der Waals surface area contributed by atoms with E-state index in [-0.39, 0.29) is 0 Å². The van der Waals surface area contributed by atoms with Crippen LogP contribution in [0.3, 0.4) is 0 Å². The van der Waals surface area contributed by atoms with Gasteiger partial charge in [-0.3, -0.25) is 0 Å². The number of fused-ring (bicyclic) bond motifs is 1. The molecular formula is C15H19N3O2S. The van der Waals surface area contributed by atoms with Gasteiger partial charge in [0.2, 0.25) is 0 Å². The Morgan fingerprint density at radius 1 is 1.24 bits per heavy atom. The maximum Gasteiger partial charge on any atom is 0.171 e. The molecule has 0 spiro atoms. The number of aromatic nitrogens is 2. The minimum absolute atomic E-state index is 0.490. The fraction of sp³-hybridized carbons (Fsp3) is 0.467. The molecule has 1 aromatic carbocycles. The molecule has 112 valence electrons. The average Bonchev–Trinajstić information content (AvgIpc) is 2.95. The topological polar surface area (TPSA) is 56.3 Å². The maximum atomic E-state index is 5.73. The van der Waals surface area contributed by atoms with Gasteiger partial charge < -0.3 is 14.8 Å². The summed E-state index contributed by atoms with van der Waals surface area (Å²) in [4.78, 5) is 0. The van der Waals surface area contributed by atoms with Crippen molar-refractivity contribution in [1.29, 1.82) is 0 Å². The molecule has 0 saturated heterocycles. The Morgan fingerprint density at radius 2 is 2.10 bits per heavy atom. The molecule has 1 N–H and O–H groups in total. The van der Waals surface area contributed by atoms with Crippen molar-refractivity contribution in [3.63, 3.8) is 0 Å². The van der Waals surface area contributed by atoms with Gasteiger partial charge in [-0.2, -0.15) is 0 Å². The summed E-state index contributed by atoms with van der Waals surface area (Å²) in [5.74, 6) is 1.57. The third kappa shape index (κ3) is 3.33. The van der Waals surface area contributed by atoms with Crippen LogP contribution in [0, 0.1) is 0 Å². The number of hydrogen-bond donors (Lipinski definition) is 1. The second kappa shape index (κ2) is 6.41. The summed E-state index contributed by atoms with van der Waals surface area (Å²) in [6, 6.07) is 6.38. The third-order valence-electron chi connectivity index (χ3n) is 3.15. The number of rotatable bonds is 5. The molecule has 0 fully saturated rings. The van der Waals surface area contributed by atoms with Gasteiger partial charge in [0.1, 0.15) is 18.2 Å². The van der Waals surface area contributed by atoms with Crippen molar-refractivity contribution >= 4 is 11.3 Å². The van der Waals surface area contributed by atoms with Crippen molar-refractivity contribution in [2.75, 3.05) is 19.8 Å². The van der Waals surface area contributed by atoms with Crippen molar-refractivity contribution in [3.05, 3.63) is 23.2 Å². The summed E-state index contributed by atoms with van der Waals surface area (Å²) in [5.41, 5.74) is 0.966. The summed E-state index contributed by atoms with van der Waals surface area (Å²) in [7, 11) is 0. The monoisotopic (exact) mass is 305 g/mol. The minimum Gasteiger partial charge on any atom is -0.486 e. The number of benzene rings is 1. The van der Waals surface area contributed by atoms with E-state index in [1.807, 2.05) is 18.2 Å². The summed E-state index contributed by atoms with van der Waals surface area (Å²) in [5, 5.41) is 13.9. The number of hydrogen-bond acceptors (Lipinski definition) is 6. The van der Waals surface area contributed by atoms with E-state index in [9.17, 15) is 0 Å². The van der Waals surface area contributed by atoms with Crippen LogP contribution in [-0.4, -0.2) is 36.0 Å². The second-order valence-corrected chi connectivity index (χ2v) is 6.25. The van der Waals surface area contributed by atoms with E-state index in [1.54, 1.807) is 11.3 Å². The molecule has 21 heavy (non-hydrogen) atoms. The summed E-state index contributed by atoms with van der Waals surface area (Å²) in [6.45, 7) is 6.36. The van der Waals surface area contributed by atoms with Crippen LogP contribution in [0.25, 0.3) is 10.6 Å². The molecule has 6 heteroatoms. The highest BCUT2D eigenvalue weighted by atomic mass is 32.1. The Balaban J connectivity index is 1.77. The van der Waals surface area contributed by atoms with E-state index in [0.717, 1.165) is 40.0 Å². The summed E-state index contributed by atoms with van der Waals surface area (Å²) in [6.07, 6.45) is 0.891. The first-order valence-electron chi connectivity index (χ1n) is 7.19. The minimum atomic E-state index is 0.490. The van der Waals surface area contributed by atoms with Gasteiger partial charge in [-0.05, 0) is 12.1 Å². The Bertz CT molecular complexity index is 613. The van der Waals surface area contributed by atoms with E-state index in [0.29, 0.717) is 19.3 Å². The number of ether oxygens (including phenoxy) is 2. The van der Waals surface area contributed by atoms with E-state index in [1.165, 1.54) is 0 Å². The van der Waals surface area contributed by atoms with Gasteiger partial charge in [-0.15, -0.1) is 10.2 Å². The molecule has 0 atom stereocenters. The molecule has 0 bridgehead atoms. The van der Waals surface area contributed by atoms with Gasteiger partial charge in [0.05, 0.1) is 5.56 Å². The molecule has 1 aromatic heterocycles. The summed E-state index contributed by atoms with van der Waals surface area (Å²) >= 11 is 1.61. The van der Waals surface area contributed by atoms with Gasteiger partial charge in [-0.1, -0.05) is 31.3 Å². The number of para-hydroxylation sites is 1. The largest absolute Gasteiger partial charge is 0.486 e. The quantitative estimate of drug-likeness (QED) is 0.920. The van der Waals surface area contributed by atoms with E-state index < -0.39 is 0 Å². The molecule has 2 aromatic rings. The highest BCUT2D eigenvalue weighted by Gasteiger charge is 2.19. The predicted molar refractivity (Wildman–Crippen MR) is 83.2 cm³/mol. The van der Waals surface area contributed by atoms with Crippen LogP contribution >= 0.6 is 11.3 Å². The molecule has 0 aliphatic carbocycles. The summed E-state index contributed by atoms with van der Waals surface area (Å²) < 4.78 is 11.3. The number of nitrogens with zero attached hydrogens (tertiary/aromatic N) is 2. The van der Waals surface area contributed by atoms with Gasteiger partial charge >= 0.3 is 0 Å². The molecule has 0 unspecified atom stereocenters. The third-order valence-corrected chi connectivity index (χ3v) is 4.17. The zero-order valence-electron chi connectivity index (χ0n) is 12.3. The predicted octanol–water partition coefficient (Wildman–Crippen LogP) is 2.52. The lowest BCUT2D eigenvalue weighted by Gasteiger charge is -2.19. The van der Waals surface area contributed by atoms with Crippen LogP contribution in [0.4, 0.5) is 0 Å². The lowest BCUT2D eigenvalue weighted by atomic mass is 10.2. The molecule has 1 aliphatic rings. The van der Waals surface area contributed by atoms with Crippen molar-refractivity contribution in [3.8, 4) is 22.1 Å². The molecule has 3 rings (SSSR count). The first-order chi connectivity index (χ1) is 10.2. The standard InChI is InChI=1S/C15H19N3O2S/c1-10(2)16-7-6-13-17-18-15(21-13)11-4-3-5-12-14(11)20-9-8-19-12/h3-5,10,16H,6-9H2,1-2H3. The highest BCUT2D eigenvalue weighted by Crippen LogP contribution is 2.40. The molecule has 0 amide bonds. The highest BCUT2D eigenvalue weighted by molar-refractivity contribution is 7.14. The Morgan fingerprint density at radius 3 is 2.95 bits per heavy atom. The maximum absolute atomic E-state index is 5.73. The van der Waals surface area contributed by atoms with Crippen molar-refractivity contribution in [2.45, 2.75) is 26.3 Å². The van der Waals surface area contributed by atoms with Gasteiger partial charge in [0, 0.05) is 19.0 Å². The SMILES string of the molecule is CC(C)NCCc1nnc(-c2cccc3c2OCCO3)s1. The first kappa shape index (κ1) is 14.3. The van der Waals surface area contributed by atoms with Gasteiger partial charge in [0.25, 0.3) is 0 Å². The Kier molecular flexibility index (Phi) is 4.36. The molecule has 0 radical (unpaired) electrons. The van der Waals surface area contributed by atoms with Gasteiger partial charge in [-0.25, -0.2) is 0 Å². The van der Waals surface area contributed by atoms with Gasteiger partial charge in [0.15, 0.2) is 16.5 Å². The number of nitrogens with one attached hydrogen (secondary N) is 1. The van der Waals surface area contributed by atoms with E-state index in [2.05, 4.69) is 29.4 Å². The Labute approximate surface area is 128 Å². The van der Waals surface area contributed by atoms with Crippen LogP contribution < -0.4 is 14.8 Å². The van der Waals surface area contributed by atoms with Crippen LogP contribution in [0.15, 0.2) is 18.2 Å². The zero-order valence-corrected chi connectivity index (χ0v) is 13.1. The lowest BCUT2D eigenvalue weighted by Crippen LogP contribution is -2.24. The zero-order chi connectivity index (χ0) is 14.7. The Hall–Kier alpha value is -1.66. The van der Waals surface area contributed by atoms with Crippen LogP contribution in [0.2, 0.25) is 0 Å². The first-order valence-corrected chi connectivity index (χ1v) is 8.00. The van der Waals surface area contributed by atoms with Crippen molar-refractivity contribution in [2.24, 2.45) is 0 Å². The molecule has 0 saturated carbocycles. The fourth-order valence-corrected chi connectivity index (χ4v) is 3.03. The molecule has 5 nitrogen and oxygen atoms in total. The smallest absolute Gasteiger partial charge is 0.171 e. The molecular weight excluding hydrogens is 286 g/mol. The van der Waals surface area contributed by atoms with Crippen LogP contribution in [0.5, 0.6) is 11.5 Å². The van der Waals surface area contributed by atoms with Crippen molar-refractivity contribution < 1.29 is 9.47 Å². The van der Waals surface area contributed by atoms with Crippen LogP contribution in [-0.2, 0) is 6.42 Å². The average molecular weight is 305 g/mol. The molecule has 2 heterocycles.